The Balaban J connectivity index is 3.01. The number of nitrogens with two attached hydrogens (primary N) is 1. The molecule has 0 spiro atoms. The molecule has 0 aromatic heterocycles. The zero-order chi connectivity index (χ0) is 10.8. The molecule has 1 atom stereocenters. The topological polar surface area (TPSA) is 49.8 Å². The normalized spacial score (nSPS) is 14.9. The molecule has 0 saturated heterocycles. The van der Waals surface area contributed by atoms with E-state index in [0.29, 0.717) is 5.92 Å². The lowest BCUT2D eigenvalue weighted by Gasteiger charge is -2.16. The summed E-state index contributed by atoms with van der Waals surface area (Å²) in [5, 5.41) is 8.85. The van der Waals surface area contributed by atoms with Crippen molar-refractivity contribution in [1.82, 2.24) is 0 Å². The molecule has 0 aliphatic rings. The first kappa shape index (κ1) is 10.7. The molecule has 1 aromatic carbocycles. The van der Waals surface area contributed by atoms with E-state index in [1.807, 2.05) is 24.3 Å². The lowest BCUT2D eigenvalue weighted by atomic mass is 9.92. The number of rotatable bonds is 2. The Morgan fingerprint density at radius 1 is 1.29 bits per heavy atom. The van der Waals surface area contributed by atoms with Crippen LogP contribution in [0.4, 0.5) is 0 Å². The van der Waals surface area contributed by atoms with Gasteiger partial charge in [0, 0.05) is 0 Å². The summed E-state index contributed by atoms with van der Waals surface area (Å²) in [5.74, 6) is 0.509. The Morgan fingerprint density at radius 3 is 2.14 bits per heavy atom. The van der Waals surface area contributed by atoms with Gasteiger partial charge in [-0.1, -0.05) is 38.1 Å². The van der Waals surface area contributed by atoms with Crippen LogP contribution in [0.1, 0.15) is 37.8 Å². The van der Waals surface area contributed by atoms with E-state index in [1.54, 1.807) is 6.92 Å². The summed E-state index contributed by atoms with van der Waals surface area (Å²) >= 11 is 0. The third-order valence-electron chi connectivity index (χ3n) is 2.41. The second-order valence-electron chi connectivity index (χ2n) is 4.09. The molecule has 1 rings (SSSR count). The molecule has 0 fully saturated rings. The summed E-state index contributed by atoms with van der Waals surface area (Å²) in [5.41, 5.74) is 7.05. The van der Waals surface area contributed by atoms with Crippen LogP contribution in [0.5, 0.6) is 0 Å². The molecule has 14 heavy (non-hydrogen) atoms. The zero-order valence-corrected chi connectivity index (χ0v) is 8.91. The summed E-state index contributed by atoms with van der Waals surface area (Å²) in [6.45, 7) is 6.00. The van der Waals surface area contributed by atoms with Crippen LogP contribution in [0.2, 0.25) is 0 Å². The van der Waals surface area contributed by atoms with Gasteiger partial charge in [-0.25, -0.2) is 0 Å². The van der Waals surface area contributed by atoms with E-state index in [4.69, 9.17) is 11.0 Å². The molecule has 74 valence electrons. The van der Waals surface area contributed by atoms with Gasteiger partial charge in [-0.2, -0.15) is 5.26 Å². The first-order valence-electron chi connectivity index (χ1n) is 4.78. The van der Waals surface area contributed by atoms with Crippen LogP contribution in [0.25, 0.3) is 0 Å². The summed E-state index contributed by atoms with van der Waals surface area (Å²) in [6, 6.07) is 10.0. The van der Waals surface area contributed by atoms with Gasteiger partial charge in [-0.15, -0.1) is 0 Å². The Bertz CT molecular complexity index is 342. The van der Waals surface area contributed by atoms with Crippen LogP contribution in [0.15, 0.2) is 24.3 Å². The number of hydrogen-bond donors (Lipinski definition) is 1. The van der Waals surface area contributed by atoms with E-state index in [9.17, 15) is 0 Å². The van der Waals surface area contributed by atoms with Crippen LogP contribution in [-0.4, -0.2) is 0 Å². The molecule has 2 heteroatoms. The second kappa shape index (κ2) is 3.81. The van der Waals surface area contributed by atoms with Gasteiger partial charge < -0.3 is 5.73 Å². The molecular formula is C12H16N2. The largest absolute Gasteiger partial charge is 0.310 e. The van der Waals surface area contributed by atoms with Crippen molar-refractivity contribution in [3.05, 3.63) is 35.4 Å². The van der Waals surface area contributed by atoms with Crippen molar-refractivity contribution in [2.24, 2.45) is 5.73 Å². The lowest BCUT2D eigenvalue weighted by Crippen LogP contribution is -2.30. The predicted molar refractivity (Wildman–Crippen MR) is 57.7 cm³/mol. The maximum absolute atomic E-state index is 8.85. The van der Waals surface area contributed by atoms with Gasteiger partial charge in [0.05, 0.1) is 6.07 Å². The SMILES string of the molecule is CC(C)c1ccc([C@](C)(N)C#N)cc1. The highest BCUT2D eigenvalue weighted by atomic mass is 14.7. The van der Waals surface area contributed by atoms with Gasteiger partial charge >= 0.3 is 0 Å². The summed E-state index contributed by atoms with van der Waals surface area (Å²) in [7, 11) is 0. The van der Waals surface area contributed by atoms with Crippen molar-refractivity contribution >= 4 is 0 Å². The average Bonchev–Trinajstić information content (AvgIpc) is 2.18. The Labute approximate surface area is 85.4 Å². The van der Waals surface area contributed by atoms with Crippen molar-refractivity contribution in [1.29, 1.82) is 5.26 Å². The third kappa shape index (κ3) is 2.12. The fraction of sp³-hybridized carbons (Fsp3) is 0.417. The standard InChI is InChI=1S/C12H16N2/c1-9(2)10-4-6-11(7-5-10)12(3,14)8-13/h4-7,9H,14H2,1-3H3/t12-/m1/s1. The van der Waals surface area contributed by atoms with E-state index in [2.05, 4.69) is 19.9 Å². The molecule has 0 unspecified atom stereocenters. The highest BCUT2D eigenvalue weighted by Crippen LogP contribution is 2.20. The van der Waals surface area contributed by atoms with Gasteiger partial charge in [0.2, 0.25) is 0 Å². The Kier molecular flexibility index (Phi) is 2.93. The fourth-order valence-electron chi connectivity index (χ4n) is 1.28. The van der Waals surface area contributed by atoms with Crippen LogP contribution in [0, 0.1) is 11.3 Å². The minimum absolute atomic E-state index is 0.509. The zero-order valence-electron chi connectivity index (χ0n) is 8.91. The van der Waals surface area contributed by atoms with Crippen LogP contribution in [0.3, 0.4) is 0 Å². The van der Waals surface area contributed by atoms with E-state index >= 15 is 0 Å². The summed E-state index contributed by atoms with van der Waals surface area (Å²) in [6.07, 6.45) is 0. The smallest absolute Gasteiger partial charge is 0.126 e. The van der Waals surface area contributed by atoms with E-state index in [-0.39, 0.29) is 0 Å². The van der Waals surface area contributed by atoms with Crippen LogP contribution in [-0.2, 0) is 5.54 Å². The maximum atomic E-state index is 8.85. The highest BCUT2D eigenvalue weighted by Gasteiger charge is 2.19. The monoisotopic (exact) mass is 188 g/mol. The van der Waals surface area contributed by atoms with Crippen molar-refractivity contribution in [3.8, 4) is 6.07 Å². The quantitative estimate of drug-likeness (QED) is 0.775. The summed E-state index contributed by atoms with van der Waals surface area (Å²) < 4.78 is 0. The second-order valence-corrected chi connectivity index (χ2v) is 4.09. The van der Waals surface area contributed by atoms with Crippen molar-refractivity contribution < 1.29 is 0 Å². The van der Waals surface area contributed by atoms with Crippen molar-refractivity contribution in [3.63, 3.8) is 0 Å². The molecule has 2 nitrogen and oxygen atoms in total. The van der Waals surface area contributed by atoms with Crippen LogP contribution < -0.4 is 5.73 Å². The van der Waals surface area contributed by atoms with Gasteiger partial charge in [0.1, 0.15) is 5.54 Å². The first-order chi connectivity index (χ1) is 6.47. The van der Waals surface area contributed by atoms with E-state index < -0.39 is 5.54 Å². The lowest BCUT2D eigenvalue weighted by molar-refractivity contribution is 0.645. The Hall–Kier alpha value is -1.33. The van der Waals surface area contributed by atoms with Gasteiger partial charge in [0.15, 0.2) is 0 Å². The molecule has 0 aliphatic heterocycles. The van der Waals surface area contributed by atoms with Crippen molar-refractivity contribution in [2.75, 3.05) is 0 Å². The predicted octanol–water partition coefficient (Wildman–Crippen LogP) is 2.51. The minimum Gasteiger partial charge on any atom is -0.310 e. The van der Waals surface area contributed by atoms with Gasteiger partial charge in [-0.3, -0.25) is 0 Å². The average molecular weight is 188 g/mol. The maximum Gasteiger partial charge on any atom is 0.126 e. The molecule has 0 heterocycles. The molecular weight excluding hydrogens is 172 g/mol. The third-order valence-corrected chi connectivity index (χ3v) is 2.41. The molecule has 0 aliphatic carbocycles. The van der Waals surface area contributed by atoms with Gasteiger partial charge in [-0.05, 0) is 24.0 Å². The fourth-order valence-corrected chi connectivity index (χ4v) is 1.28. The first-order valence-corrected chi connectivity index (χ1v) is 4.78. The molecule has 0 saturated carbocycles. The van der Waals surface area contributed by atoms with E-state index in [0.717, 1.165) is 5.56 Å². The molecule has 2 N–H and O–H groups in total. The number of nitrogens with zero attached hydrogens (tertiary/aromatic N) is 1. The number of hydrogen-bond acceptors (Lipinski definition) is 2. The minimum atomic E-state index is -0.879. The van der Waals surface area contributed by atoms with Gasteiger partial charge in [0.25, 0.3) is 0 Å². The molecule has 0 bridgehead atoms. The highest BCUT2D eigenvalue weighted by molar-refractivity contribution is 5.33. The molecule has 0 radical (unpaired) electrons. The Morgan fingerprint density at radius 2 is 1.79 bits per heavy atom. The number of benzene rings is 1. The molecule has 1 aromatic rings. The number of nitriles is 1. The van der Waals surface area contributed by atoms with Crippen LogP contribution >= 0.6 is 0 Å². The van der Waals surface area contributed by atoms with E-state index in [1.165, 1.54) is 5.56 Å². The summed E-state index contributed by atoms with van der Waals surface area (Å²) in [4.78, 5) is 0. The van der Waals surface area contributed by atoms with Crippen molar-refractivity contribution in [2.45, 2.75) is 32.2 Å². The molecule has 0 amide bonds.